The lowest BCUT2D eigenvalue weighted by molar-refractivity contribution is 0.310. The number of nitrogens with one attached hydrogen (secondary N) is 1. The molecule has 21 heavy (non-hydrogen) atoms. The number of anilines is 1. The van der Waals surface area contributed by atoms with Crippen LogP contribution >= 0.6 is 0 Å². The first-order valence-electron chi connectivity index (χ1n) is 7.27. The summed E-state index contributed by atoms with van der Waals surface area (Å²) in [7, 11) is -3.33. The standard InChI is InChI=1S/C15H24N2O3S/c1-15(2)9-5-8-14(15)17-21(18,19)11-10-20-13-7-4-3-6-12(13)16/h3-4,6-7,14,17H,5,8-11,16H2,1-2H3. The van der Waals surface area contributed by atoms with Gasteiger partial charge in [-0.05, 0) is 30.4 Å². The summed E-state index contributed by atoms with van der Waals surface area (Å²) in [4.78, 5) is 0. The molecule has 0 saturated heterocycles. The van der Waals surface area contributed by atoms with Gasteiger partial charge in [-0.25, -0.2) is 13.1 Å². The molecule has 0 spiro atoms. The molecule has 3 N–H and O–H groups in total. The highest BCUT2D eigenvalue weighted by Crippen LogP contribution is 2.37. The van der Waals surface area contributed by atoms with E-state index in [2.05, 4.69) is 18.6 Å². The molecule has 1 aliphatic carbocycles. The summed E-state index contributed by atoms with van der Waals surface area (Å²) in [6.07, 6.45) is 3.02. The molecule has 1 fully saturated rings. The van der Waals surface area contributed by atoms with Gasteiger partial charge in [0.15, 0.2) is 0 Å². The van der Waals surface area contributed by atoms with Crippen molar-refractivity contribution in [1.29, 1.82) is 0 Å². The van der Waals surface area contributed by atoms with Gasteiger partial charge < -0.3 is 10.5 Å². The predicted octanol–water partition coefficient (Wildman–Crippen LogP) is 2.15. The van der Waals surface area contributed by atoms with Crippen LogP contribution in [0.15, 0.2) is 24.3 Å². The third-order valence-electron chi connectivity index (χ3n) is 4.11. The fraction of sp³-hybridized carbons (Fsp3) is 0.600. The molecule has 0 bridgehead atoms. The van der Waals surface area contributed by atoms with E-state index < -0.39 is 10.0 Å². The highest BCUT2D eigenvalue weighted by Gasteiger charge is 2.36. The lowest BCUT2D eigenvalue weighted by Gasteiger charge is -2.27. The van der Waals surface area contributed by atoms with Crippen molar-refractivity contribution >= 4 is 15.7 Å². The van der Waals surface area contributed by atoms with Crippen LogP contribution in [0, 0.1) is 5.41 Å². The molecule has 1 aromatic carbocycles. The Labute approximate surface area is 126 Å². The van der Waals surface area contributed by atoms with E-state index in [0.717, 1.165) is 19.3 Å². The Morgan fingerprint density at radius 3 is 2.71 bits per heavy atom. The van der Waals surface area contributed by atoms with Gasteiger partial charge in [0.2, 0.25) is 10.0 Å². The van der Waals surface area contributed by atoms with Gasteiger partial charge in [-0.3, -0.25) is 0 Å². The average molecular weight is 312 g/mol. The second-order valence-corrected chi connectivity index (χ2v) is 8.13. The zero-order chi connectivity index (χ0) is 15.5. The van der Waals surface area contributed by atoms with Crippen molar-refractivity contribution in [3.05, 3.63) is 24.3 Å². The SMILES string of the molecule is CC1(C)CCCC1NS(=O)(=O)CCOc1ccccc1N. The zero-order valence-corrected chi connectivity index (χ0v) is 13.4. The number of nitrogen functional groups attached to an aromatic ring is 1. The first-order chi connectivity index (χ1) is 9.80. The van der Waals surface area contributed by atoms with Gasteiger partial charge in [-0.1, -0.05) is 32.4 Å². The van der Waals surface area contributed by atoms with Crippen LogP contribution in [0.4, 0.5) is 5.69 Å². The fourth-order valence-corrected chi connectivity index (χ4v) is 3.99. The molecule has 0 aromatic heterocycles. The quantitative estimate of drug-likeness (QED) is 0.789. The first-order valence-corrected chi connectivity index (χ1v) is 8.93. The van der Waals surface area contributed by atoms with Crippen LogP contribution in [0.3, 0.4) is 0 Å². The molecule has 1 atom stereocenters. The highest BCUT2D eigenvalue weighted by molar-refractivity contribution is 7.89. The normalized spacial score (nSPS) is 21.3. The highest BCUT2D eigenvalue weighted by atomic mass is 32.2. The van der Waals surface area contributed by atoms with Gasteiger partial charge in [0.1, 0.15) is 12.4 Å². The minimum atomic E-state index is -3.33. The van der Waals surface area contributed by atoms with Gasteiger partial charge in [-0.2, -0.15) is 0 Å². The van der Waals surface area contributed by atoms with Crippen LogP contribution in [0.2, 0.25) is 0 Å². The molecule has 6 heteroatoms. The maximum absolute atomic E-state index is 12.1. The van der Waals surface area contributed by atoms with Crippen molar-refractivity contribution in [3.63, 3.8) is 0 Å². The molecular weight excluding hydrogens is 288 g/mol. The molecule has 0 aliphatic heterocycles. The third-order valence-corrected chi connectivity index (χ3v) is 5.46. The van der Waals surface area contributed by atoms with E-state index in [4.69, 9.17) is 10.5 Å². The molecule has 0 radical (unpaired) electrons. The smallest absolute Gasteiger partial charge is 0.215 e. The Morgan fingerprint density at radius 2 is 2.10 bits per heavy atom. The van der Waals surface area contributed by atoms with E-state index in [9.17, 15) is 8.42 Å². The molecule has 1 aromatic rings. The molecule has 5 nitrogen and oxygen atoms in total. The van der Waals surface area contributed by atoms with Crippen molar-refractivity contribution < 1.29 is 13.2 Å². The first kappa shape index (κ1) is 16.1. The van der Waals surface area contributed by atoms with Crippen LogP contribution in [-0.4, -0.2) is 26.8 Å². The van der Waals surface area contributed by atoms with Crippen LogP contribution in [-0.2, 0) is 10.0 Å². The maximum atomic E-state index is 12.1. The van der Waals surface area contributed by atoms with Gasteiger partial charge >= 0.3 is 0 Å². The number of rotatable bonds is 6. The van der Waals surface area contributed by atoms with Crippen LogP contribution in [0.1, 0.15) is 33.1 Å². The van der Waals surface area contributed by atoms with Gasteiger partial charge in [-0.15, -0.1) is 0 Å². The van der Waals surface area contributed by atoms with Crippen LogP contribution < -0.4 is 15.2 Å². The van der Waals surface area contributed by atoms with Crippen molar-refractivity contribution in [1.82, 2.24) is 4.72 Å². The maximum Gasteiger partial charge on any atom is 0.215 e. The minimum absolute atomic E-state index is 0.0179. The summed E-state index contributed by atoms with van der Waals surface area (Å²) in [6.45, 7) is 4.30. The van der Waals surface area contributed by atoms with Crippen molar-refractivity contribution in [2.75, 3.05) is 18.1 Å². The van der Waals surface area contributed by atoms with E-state index in [0.29, 0.717) is 11.4 Å². The number of para-hydroxylation sites is 2. The summed E-state index contributed by atoms with van der Waals surface area (Å²) >= 11 is 0. The Kier molecular flexibility index (Phi) is 4.78. The number of sulfonamides is 1. The summed E-state index contributed by atoms with van der Waals surface area (Å²) in [5.41, 5.74) is 6.29. The molecule has 118 valence electrons. The number of ether oxygens (including phenoxy) is 1. The van der Waals surface area contributed by atoms with Crippen LogP contribution in [0.25, 0.3) is 0 Å². The summed E-state index contributed by atoms with van der Waals surface area (Å²) in [6, 6.07) is 7.09. The van der Waals surface area contributed by atoms with Crippen molar-refractivity contribution in [2.45, 2.75) is 39.2 Å². The number of nitrogens with two attached hydrogens (primary N) is 1. The second kappa shape index (κ2) is 6.23. The second-order valence-electron chi connectivity index (χ2n) is 6.26. The zero-order valence-electron chi connectivity index (χ0n) is 12.6. The number of benzene rings is 1. The fourth-order valence-electron chi connectivity index (χ4n) is 2.69. The predicted molar refractivity (Wildman–Crippen MR) is 84.7 cm³/mol. The van der Waals surface area contributed by atoms with Crippen molar-refractivity contribution in [2.24, 2.45) is 5.41 Å². The van der Waals surface area contributed by atoms with Gasteiger partial charge in [0.05, 0.1) is 11.4 Å². The van der Waals surface area contributed by atoms with Crippen molar-refractivity contribution in [3.8, 4) is 5.75 Å². The van der Waals surface area contributed by atoms with E-state index in [1.165, 1.54) is 0 Å². The summed E-state index contributed by atoms with van der Waals surface area (Å²) in [5, 5.41) is 0. The number of hydrogen-bond donors (Lipinski definition) is 2. The average Bonchev–Trinajstić information content (AvgIpc) is 2.70. The lowest BCUT2D eigenvalue weighted by atomic mass is 9.88. The molecule has 1 aliphatic rings. The van der Waals surface area contributed by atoms with E-state index in [1.807, 2.05) is 6.07 Å². The molecule has 1 unspecified atom stereocenters. The number of hydrogen-bond acceptors (Lipinski definition) is 4. The molecule has 0 heterocycles. The Bertz CT molecular complexity index is 584. The third kappa shape index (κ3) is 4.35. The molecule has 1 saturated carbocycles. The minimum Gasteiger partial charge on any atom is -0.490 e. The Balaban J connectivity index is 1.86. The van der Waals surface area contributed by atoms with E-state index in [1.54, 1.807) is 18.2 Å². The lowest BCUT2D eigenvalue weighted by Crippen LogP contribution is -2.43. The molecule has 0 amide bonds. The van der Waals surface area contributed by atoms with Gasteiger partial charge in [0.25, 0.3) is 0 Å². The molecular formula is C15H24N2O3S. The van der Waals surface area contributed by atoms with Gasteiger partial charge in [0, 0.05) is 6.04 Å². The Morgan fingerprint density at radius 1 is 1.38 bits per heavy atom. The molecule has 2 rings (SSSR count). The van der Waals surface area contributed by atoms with E-state index in [-0.39, 0.29) is 23.8 Å². The summed E-state index contributed by atoms with van der Waals surface area (Å²) in [5.74, 6) is 0.461. The summed E-state index contributed by atoms with van der Waals surface area (Å²) < 4.78 is 32.5. The topological polar surface area (TPSA) is 81.4 Å². The Hall–Kier alpha value is -1.27. The largest absolute Gasteiger partial charge is 0.490 e. The van der Waals surface area contributed by atoms with Crippen LogP contribution in [0.5, 0.6) is 5.75 Å². The monoisotopic (exact) mass is 312 g/mol. The van der Waals surface area contributed by atoms with E-state index >= 15 is 0 Å².